The Morgan fingerprint density at radius 2 is 2.05 bits per heavy atom. The zero-order valence-electron chi connectivity index (χ0n) is 12.0. The van der Waals surface area contributed by atoms with Gasteiger partial charge >= 0.3 is 0 Å². The molecule has 4 heteroatoms. The average molecular weight is 261 g/mol. The summed E-state index contributed by atoms with van der Waals surface area (Å²) >= 11 is 0. The Bertz CT molecular complexity index is 447. The van der Waals surface area contributed by atoms with E-state index in [-0.39, 0.29) is 11.9 Å². The third-order valence-electron chi connectivity index (χ3n) is 3.75. The van der Waals surface area contributed by atoms with Crippen LogP contribution in [0.4, 0.5) is 5.69 Å². The summed E-state index contributed by atoms with van der Waals surface area (Å²) in [5, 5.41) is 3.15. The van der Waals surface area contributed by atoms with Gasteiger partial charge in [0, 0.05) is 32.4 Å². The van der Waals surface area contributed by atoms with E-state index in [1.54, 1.807) is 0 Å². The van der Waals surface area contributed by atoms with Crippen LogP contribution in [0.5, 0.6) is 0 Å². The standard InChI is InChI=1S/C15H23N3O/c1-12-7-4-5-8-13(12)18-10-6-9-17(3)15(19)14(18)11-16-2/h4-5,7-8,14,16H,6,9-11H2,1-3H3. The van der Waals surface area contributed by atoms with E-state index >= 15 is 0 Å². The van der Waals surface area contributed by atoms with Crippen molar-refractivity contribution < 1.29 is 4.79 Å². The first-order valence-corrected chi connectivity index (χ1v) is 6.87. The predicted octanol–water partition coefficient (Wildman–Crippen LogP) is 1.25. The number of carbonyl (C=O) groups is 1. The number of aryl methyl sites for hydroxylation is 1. The SMILES string of the molecule is CNCC1C(=O)N(C)CCCN1c1ccccc1C. The molecule has 0 radical (unpaired) electrons. The lowest BCUT2D eigenvalue weighted by Crippen LogP contribution is -2.50. The van der Waals surface area contributed by atoms with Gasteiger partial charge in [-0.2, -0.15) is 0 Å². The van der Waals surface area contributed by atoms with Crippen LogP contribution in [-0.2, 0) is 4.79 Å². The minimum atomic E-state index is -0.112. The maximum atomic E-state index is 12.5. The lowest BCUT2D eigenvalue weighted by Gasteiger charge is -2.32. The van der Waals surface area contributed by atoms with E-state index in [4.69, 9.17) is 0 Å². The number of hydrogen-bond donors (Lipinski definition) is 1. The van der Waals surface area contributed by atoms with Crippen LogP contribution < -0.4 is 10.2 Å². The van der Waals surface area contributed by atoms with Crippen molar-refractivity contribution in [2.24, 2.45) is 0 Å². The zero-order chi connectivity index (χ0) is 13.8. The topological polar surface area (TPSA) is 35.6 Å². The van der Waals surface area contributed by atoms with Gasteiger partial charge in [0.15, 0.2) is 0 Å². The van der Waals surface area contributed by atoms with Gasteiger partial charge < -0.3 is 15.1 Å². The van der Waals surface area contributed by atoms with Gasteiger partial charge in [-0.25, -0.2) is 0 Å². The Hall–Kier alpha value is -1.55. The van der Waals surface area contributed by atoms with Crippen molar-refractivity contribution in [3.63, 3.8) is 0 Å². The molecular formula is C15H23N3O. The summed E-state index contributed by atoms with van der Waals surface area (Å²) in [6.45, 7) is 4.54. The monoisotopic (exact) mass is 261 g/mol. The number of para-hydroxylation sites is 1. The first kappa shape index (κ1) is 13.9. The van der Waals surface area contributed by atoms with E-state index in [2.05, 4.69) is 29.3 Å². The third-order valence-corrected chi connectivity index (χ3v) is 3.75. The lowest BCUT2D eigenvalue weighted by atomic mass is 10.1. The fourth-order valence-corrected chi connectivity index (χ4v) is 2.70. The van der Waals surface area contributed by atoms with Crippen LogP contribution in [0.1, 0.15) is 12.0 Å². The molecule has 0 aliphatic carbocycles. The van der Waals surface area contributed by atoms with Crippen LogP contribution in [0.2, 0.25) is 0 Å². The number of nitrogens with zero attached hydrogens (tertiary/aromatic N) is 2. The lowest BCUT2D eigenvalue weighted by molar-refractivity contribution is -0.130. The second-order valence-electron chi connectivity index (χ2n) is 5.17. The van der Waals surface area contributed by atoms with Gasteiger partial charge in [0.1, 0.15) is 6.04 Å². The van der Waals surface area contributed by atoms with Crippen molar-refractivity contribution in [2.75, 3.05) is 38.6 Å². The van der Waals surface area contributed by atoms with Crippen molar-refractivity contribution in [3.05, 3.63) is 29.8 Å². The molecule has 0 aromatic heterocycles. The molecule has 1 aromatic carbocycles. The molecule has 0 spiro atoms. The Labute approximate surface area is 115 Å². The molecule has 1 N–H and O–H groups in total. The molecule has 0 saturated carbocycles. The minimum absolute atomic E-state index is 0.112. The van der Waals surface area contributed by atoms with Crippen molar-refractivity contribution in [1.82, 2.24) is 10.2 Å². The summed E-state index contributed by atoms with van der Waals surface area (Å²) in [6, 6.07) is 8.18. The molecule has 1 amide bonds. The summed E-state index contributed by atoms with van der Waals surface area (Å²) in [4.78, 5) is 16.6. The fraction of sp³-hybridized carbons (Fsp3) is 0.533. The van der Waals surface area contributed by atoms with E-state index in [1.807, 2.05) is 31.1 Å². The highest BCUT2D eigenvalue weighted by molar-refractivity contribution is 5.86. The molecule has 1 aromatic rings. The maximum Gasteiger partial charge on any atom is 0.246 e. The highest BCUT2D eigenvalue weighted by atomic mass is 16.2. The molecule has 1 unspecified atom stereocenters. The Kier molecular flexibility index (Phi) is 4.43. The number of amides is 1. The summed E-state index contributed by atoms with van der Waals surface area (Å²) < 4.78 is 0. The first-order chi connectivity index (χ1) is 9.15. The second-order valence-corrected chi connectivity index (χ2v) is 5.17. The summed E-state index contributed by atoms with van der Waals surface area (Å²) in [5.41, 5.74) is 2.40. The number of hydrogen-bond acceptors (Lipinski definition) is 3. The second kappa shape index (κ2) is 6.06. The van der Waals surface area contributed by atoms with E-state index in [1.165, 1.54) is 11.3 Å². The van der Waals surface area contributed by atoms with Gasteiger partial charge in [-0.05, 0) is 32.0 Å². The zero-order valence-corrected chi connectivity index (χ0v) is 12.0. The van der Waals surface area contributed by atoms with Gasteiger partial charge in [-0.1, -0.05) is 18.2 Å². The van der Waals surface area contributed by atoms with Crippen LogP contribution in [-0.4, -0.2) is 50.6 Å². The molecule has 2 rings (SSSR count). The summed E-state index contributed by atoms with van der Waals surface area (Å²) in [6.07, 6.45) is 1.01. The largest absolute Gasteiger partial charge is 0.358 e. The molecule has 1 atom stereocenters. The van der Waals surface area contributed by atoms with Crippen LogP contribution >= 0.6 is 0 Å². The van der Waals surface area contributed by atoms with E-state index in [0.717, 1.165) is 19.5 Å². The minimum Gasteiger partial charge on any atom is -0.358 e. The fourth-order valence-electron chi connectivity index (χ4n) is 2.70. The quantitative estimate of drug-likeness (QED) is 0.889. The molecule has 19 heavy (non-hydrogen) atoms. The third kappa shape index (κ3) is 2.89. The number of benzene rings is 1. The smallest absolute Gasteiger partial charge is 0.246 e. The van der Waals surface area contributed by atoms with E-state index < -0.39 is 0 Å². The number of anilines is 1. The molecule has 1 heterocycles. The Morgan fingerprint density at radius 3 is 2.74 bits per heavy atom. The van der Waals surface area contributed by atoms with Gasteiger partial charge in [0.2, 0.25) is 5.91 Å². The summed E-state index contributed by atoms with van der Waals surface area (Å²) in [7, 11) is 3.79. The van der Waals surface area contributed by atoms with Crippen LogP contribution in [0, 0.1) is 6.92 Å². The van der Waals surface area contributed by atoms with E-state index in [0.29, 0.717) is 6.54 Å². The molecular weight excluding hydrogens is 238 g/mol. The maximum absolute atomic E-state index is 12.5. The van der Waals surface area contributed by atoms with Crippen molar-refractivity contribution in [3.8, 4) is 0 Å². The van der Waals surface area contributed by atoms with Crippen LogP contribution in [0.15, 0.2) is 24.3 Å². The van der Waals surface area contributed by atoms with Gasteiger partial charge in [0.25, 0.3) is 0 Å². The van der Waals surface area contributed by atoms with Crippen molar-refractivity contribution in [2.45, 2.75) is 19.4 Å². The molecule has 1 fully saturated rings. The number of likely N-dealkylation sites (N-methyl/N-ethyl adjacent to an activating group) is 2. The average Bonchev–Trinajstić information content (AvgIpc) is 2.53. The van der Waals surface area contributed by atoms with Crippen LogP contribution in [0.3, 0.4) is 0 Å². The molecule has 0 bridgehead atoms. The van der Waals surface area contributed by atoms with E-state index in [9.17, 15) is 4.79 Å². The highest BCUT2D eigenvalue weighted by Crippen LogP contribution is 2.24. The normalized spacial score (nSPS) is 20.6. The van der Waals surface area contributed by atoms with Crippen molar-refractivity contribution in [1.29, 1.82) is 0 Å². The van der Waals surface area contributed by atoms with Gasteiger partial charge in [0.05, 0.1) is 0 Å². The van der Waals surface area contributed by atoms with Crippen molar-refractivity contribution >= 4 is 11.6 Å². The number of carbonyl (C=O) groups excluding carboxylic acids is 1. The molecule has 1 aliphatic rings. The van der Waals surface area contributed by atoms with Gasteiger partial charge in [-0.15, -0.1) is 0 Å². The first-order valence-electron chi connectivity index (χ1n) is 6.87. The van der Waals surface area contributed by atoms with Crippen LogP contribution in [0.25, 0.3) is 0 Å². The molecule has 104 valence electrons. The molecule has 4 nitrogen and oxygen atoms in total. The van der Waals surface area contributed by atoms with Gasteiger partial charge in [-0.3, -0.25) is 4.79 Å². The predicted molar refractivity (Wildman–Crippen MR) is 78.5 cm³/mol. The highest BCUT2D eigenvalue weighted by Gasteiger charge is 2.31. The Morgan fingerprint density at radius 1 is 1.32 bits per heavy atom. The Balaban J connectivity index is 2.35. The summed E-state index contributed by atoms with van der Waals surface area (Å²) in [5.74, 6) is 0.204. The molecule has 1 saturated heterocycles. The number of rotatable bonds is 3. The number of nitrogens with one attached hydrogen (secondary N) is 1. The molecule has 1 aliphatic heterocycles.